The maximum absolute atomic E-state index is 13.6. The number of rotatable bonds is 6. The summed E-state index contributed by atoms with van der Waals surface area (Å²) in [4.78, 5) is 8.70. The van der Waals surface area contributed by atoms with Gasteiger partial charge in [-0.05, 0) is 12.1 Å². The van der Waals surface area contributed by atoms with Crippen molar-refractivity contribution in [2.75, 3.05) is 32.8 Å². The van der Waals surface area contributed by atoms with Gasteiger partial charge in [-0.3, -0.25) is 9.97 Å². The van der Waals surface area contributed by atoms with Gasteiger partial charge in [0.15, 0.2) is 0 Å². The summed E-state index contributed by atoms with van der Waals surface area (Å²) >= 11 is 0. The molecule has 1 atom stereocenters. The van der Waals surface area contributed by atoms with E-state index in [4.69, 9.17) is 4.74 Å². The standard InChI is InChI=1S/C18H23FN4O3S/c1-3-22(4-2)27(24,25)23-10-11-26-16(13-23)18-17(20-8-9-21-18)14-6-5-7-15(19)12-14/h5-9,12,16H,3-4,10-11,13H2,1-2H3. The zero-order valence-electron chi connectivity index (χ0n) is 15.4. The van der Waals surface area contributed by atoms with E-state index in [1.165, 1.54) is 33.1 Å². The molecular weight excluding hydrogens is 371 g/mol. The summed E-state index contributed by atoms with van der Waals surface area (Å²) in [5, 5.41) is 0. The topological polar surface area (TPSA) is 75.6 Å². The van der Waals surface area contributed by atoms with Gasteiger partial charge in [0.05, 0.1) is 18.0 Å². The molecule has 7 nitrogen and oxygen atoms in total. The summed E-state index contributed by atoms with van der Waals surface area (Å²) in [5.41, 5.74) is 1.57. The molecule has 0 N–H and O–H groups in total. The third-order valence-electron chi connectivity index (χ3n) is 4.52. The molecule has 0 radical (unpaired) electrons. The highest BCUT2D eigenvalue weighted by molar-refractivity contribution is 7.86. The van der Waals surface area contributed by atoms with E-state index in [9.17, 15) is 12.8 Å². The van der Waals surface area contributed by atoms with Crippen molar-refractivity contribution >= 4 is 10.2 Å². The molecule has 0 saturated carbocycles. The number of ether oxygens (including phenoxy) is 1. The van der Waals surface area contributed by atoms with Crippen molar-refractivity contribution in [2.45, 2.75) is 20.0 Å². The van der Waals surface area contributed by atoms with E-state index in [-0.39, 0.29) is 25.5 Å². The van der Waals surface area contributed by atoms with Crippen LogP contribution in [0, 0.1) is 5.82 Å². The number of halogens is 1. The molecule has 1 aliphatic heterocycles. The Morgan fingerprint density at radius 3 is 2.70 bits per heavy atom. The summed E-state index contributed by atoms with van der Waals surface area (Å²) in [7, 11) is -3.57. The SMILES string of the molecule is CCN(CC)S(=O)(=O)N1CCOC(c2nccnc2-c2cccc(F)c2)C1. The Labute approximate surface area is 159 Å². The van der Waals surface area contributed by atoms with Crippen LogP contribution >= 0.6 is 0 Å². The maximum atomic E-state index is 13.6. The van der Waals surface area contributed by atoms with Crippen molar-refractivity contribution in [2.24, 2.45) is 0 Å². The van der Waals surface area contributed by atoms with Crippen molar-refractivity contribution in [3.63, 3.8) is 0 Å². The third-order valence-corrected chi connectivity index (χ3v) is 6.67. The van der Waals surface area contributed by atoms with Crippen LogP contribution in [0.4, 0.5) is 4.39 Å². The quantitative estimate of drug-likeness (QED) is 0.751. The molecular formula is C18H23FN4O3S. The lowest BCUT2D eigenvalue weighted by atomic mass is 10.1. The molecule has 0 amide bonds. The second-order valence-electron chi connectivity index (χ2n) is 6.11. The van der Waals surface area contributed by atoms with Crippen LogP contribution in [-0.2, 0) is 14.9 Å². The first-order valence-corrected chi connectivity index (χ1v) is 10.3. The summed E-state index contributed by atoms with van der Waals surface area (Å²) in [6, 6.07) is 6.07. The van der Waals surface area contributed by atoms with Crippen LogP contribution in [0.25, 0.3) is 11.3 Å². The molecule has 1 aliphatic rings. The van der Waals surface area contributed by atoms with Gasteiger partial charge >= 0.3 is 0 Å². The largest absolute Gasteiger partial charge is 0.369 e. The van der Waals surface area contributed by atoms with Gasteiger partial charge < -0.3 is 4.74 Å². The molecule has 2 aromatic rings. The number of nitrogens with zero attached hydrogens (tertiary/aromatic N) is 4. The van der Waals surface area contributed by atoms with Gasteiger partial charge in [-0.1, -0.05) is 26.0 Å². The van der Waals surface area contributed by atoms with Crippen LogP contribution in [0.1, 0.15) is 25.6 Å². The summed E-state index contributed by atoms with van der Waals surface area (Å²) in [5.74, 6) is -0.376. The van der Waals surface area contributed by atoms with E-state index in [1.54, 1.807) is 12.1 Å². The molecule has 1 aromatic carbocycles. The third kappa shape index (κ3) is 4.16. The Hall–Kier alpha value is -1.94. The van der Waals surface area contributed by atoms with Gasteiger partial charge in [0.2, 0.25) is 0 Å². The molecule has 0 aliphatic carbocycles. The molecule has 2 heterocycles. The molecule has 3 rings (SSSR count). The minimum atomic E-state index is -3.57. The first kappa shape index (κ1) is 19.8. The average Bonchev–Trinajstić information content (AvgIpc) is 2.69. The average molecular weight is 394 g/mol. The highest BCUT2D eigenvalue weighted by Crippen LogP contribution is 2.30. The van der Waals surface area contributed by atoms with Gasteiger partial charge in [0.25, 0.3) is 10.2 Å². The van der Waals surface area contributed by atoms with Gasteiger partial charge in [-0.15, -0.1) is 0 Å². The van der Waals surface area contributed by atoms with Gasteiger partial charge in [-0.2, -0.15) is 17.0 Å². The fraction of sp³-hybridized carbons (Fsp3) is 0.444. The summed E-state index contributed by atoms with van der Waals surface area (Å²) < 4.78 is 47.9. The summed E-state index contributed by atoms with van der Waals surface area (Å²) in [6.45, 7) is 5.10. The Morgan fingerprint density at radius 1 is 1.26 bits per heavy atom. The maximum Gasteiger partial charge on any atom is 0.282 e. The number of hydrogen-bond donors (Lipinski definition) is 0. The van der Waals surface area contributed by atoms with Crippen LogP contribution in [0.15, 0.2) is 36.7 Å². The van der Waals surface area contributed by atoms with E-state index >= 15 is 0 Å². The lowest BCUT2D eigenvalue weighted by molar-refractivity contribution is -0.00642. The second kappa shape index (κ2) is 8.39. The predicted molar refractivity (Wildman–Crippen MR) is 99.5 cm³/mol. The van der Waals surface area contributed by atoms with Crippen LogP contribution in [-0.4, -0.2) is 59.8 Å². The normalized spacial score (nSPS) is 18.7. The second-order valence-corrected chi connectivity index (χ2v) is 8.04. The van der Waals surface area contributed by atoms with Crippen molar-refractivity contribution in [3.05, 3.63) is 48.2 Å². The highest BCUT2D eigenvalue weighted by atomic mass is 32.2. The van der Waals surface area contributed by atoms with E-state index in [1.807, 2.05) is 13.8 Å². The highest BCUT2D eigenvalue weighted by Gasteiger charge is 2.35. The van der Waals surface area contributed by atoms with Crippen molar-refractivity contribution in [1.29, 1.82) is 0 Å². The molecule has 27 heavy (non-hydrogen) atoms. The summed E-state index contributed by atoms with van der Waals surface area (Å²) in [6.07, 6.45) is 2.48. The van der Waals surface area contributed by atoms with Crippen LogP contribution < -0.4 is 0 Å². The van der Waals surface area contributed by atoms with E-state index in [0.717, 1.165) is 0 Å². The van der Waals surface area contributed by atoms with Crippen LogP contribution in [0.2, 0.25) is 0 Å². The Kier molecular flexibility index (Phi) is 6.15. The van der Waals surface area contributed by atoms with Gasteiger partial charge in [-0.25, -0.2) is 4.39 Å². The number of aromatic nitrogens is 2. The first-order valence-electron chi connectivity index (χ1n) is 8.91. The van der Waals surface area contributed by atoms with Gasteiger partial charge in [0, 0.05) is 44.1 Å². The fourth-order valence-corrected chi connectivity index (χ4v) is 4.76. The van der Waals surface area contributed by atoms with Crippen molar-refractivity contribution in [1.82, 2.24) is 18.6 Å². The fourth-order valence-electron chi connectivity index (χ4n) is 3.16. The molecule has 1 unspecified atom stereocenters. The minimum Gasteiger partial charge on any atom is -0.369 e. The molecule has 146 valence electrons. The van der Waals surface area contributed by atoms with Crippen molar-refractivity contribution in [3.8, 4) is 11.3 Å². The van der Waals surface area contributed by atoms with E-state index in [0.29, 0.717) is 30.0 Å². The molecule has 0 spiro atoms. The predicted octanol–water partition coefficient (Wildman–Crippen LogP) is 2.24. The Balaban J connectivity index is 1.92. The smallest absolute Gasteiger partial charge is 0.282 e. The number of benzene rings is 1. The first-order chi connectivity index (χ1) is 13.0. The molecule has 9 heteroatoms. The van der Waals surface area contributed by atoms with E-state index < -0.39 is 16.3 Å². The lowest BCUT2D eigenvalue weighted by Gasteiger charge is -2.35. The lowest BCUT2D eigenvalue weighted by Crippen LogP contribution is -2.49. The molecule has 1 saturated heterocycles. The molecule has 1 fully saturated rings. The van der Waals surface area contributed by atoms with E-state index in [2.05, 4.69) is 9.97 Å². The number of morpholine rings is 1. The zero-order valence-corrected chi connectivity index (χ0v) is 16.2. The Morgan fingerprint density at radius 2 is 2.00 bits per heavy atom. The van der Waals surface area contributed by atoms with Crippen LogP contribution in [0.3, 0.4) is 0 Å². The molecule has 1 aromatic heterocycles. The minimum absolute atomic E-state index is 0.139. The molecule has 0 bridgehead atoms. The monoisotopic (exact) mass is 394 g/mol. The van der Waals surface area contributed by atoms with Gasteiger partial charge in [0.1, 0.15) is 11.9 Å². The number of hydrogen-bond acceptors (Lipinski definition) is 5. The van der Waals surface area contributed by atoms with Crippen molar-refractivity contribution < 1.29 is 17.5 Å². The Bertz CT molecular complexity index is 890. The van der Waals surface area contributed by atoms with Crippen LogP contribution in [0.5, 0.6) is 0 Å². The zero-order chi connectivity index (χ0) is 19.4.